The number of nitrogens with zero attached hydrogens (tertiary/aromatic N) is 3. The number of amides is 3. The van der Waals surface area contributed by atoms with Crippen LogP contribution >= 0.6 is 0 Å². The molecule has 0 spiro atoms. The summed E-state index contributed by atoms with van der Waals surface area (Å²) < 4.78 is 0. The lowest BCUT2D eigenvalue weighted by Gasteiger charge is -2.42. The van der Waals surface area contributed by atoms with Crippen LogP contribution < -0.4 is 0 Å². The highest BCUT2D eigenvalue weighted by molar-refractivity contribution is 5.83. The van der Waals surface area contributed by atoms with Crippen LogP contribution in [0.4, 0.5) is 0 Å². The van der Waals surface area contributed by atoms with E-state index >= 15 is 0 Å². The van der Waals surface area contributed by atoms with Gasteiger partial charge in [0, 0.05) is 19.3 Å². The highest BCUT2D eigenvalue weighted by Gasteiger charge is 2.30. The molecule has 0 radical (unpaired) electrons. The Hall–Kier alpha value is -2.37. The molecule has 0 aromatic rings. The molecule has 1 fully saturated rings. The highest BCUT2D eigenvalue weighted by Crippen LogP contribution is 2.12. The van der Waals surface area contributed by atoms with Gasteiger partial charge in [-0.15, -0.1) is 19.7 Å². The molecule has 6 nitrogen and oxygen atoms in total. The van der Waals surface area contributed by atoms with Gasteiger partial charge in [0.1, 0.15) is 0 Å². The molecule has 21 heavy (non-hydrogen) atoms. The Morgan fingerprint density at radius 1 is 0.667 bits per heavy atom. The lowest BCUT2D eigenvalue weighted by atomic mass is 10.3. The smallest absolute Gasteiger partial charge is 0.229 e. The van der Waals surface area contributed by atoms with Gasteiger partial charge in [-0.1, -0.05) is 18.2 Å². The van der Waals surface area contributed by atoms with Crippen LogP contribution in [0.3, 0.4) is 0 Å². The fourth-order valence-corrected chi connectivity index (χ4v) is 1.98. The average molecular weight is 291 g/mol. The van der Waals surface area contributed by atoms with E-state index in [-0.39, 0.29) is 57.0 Å². The molecule has 0 bridgehead atoms. The van der Waals surface area contributed by atoms with Gasteiger partial charge in [-0.2, -0.15) is 0 Å². The predicted octanol–water partition coefficient (Wildman–Crippen LogP) is 1.09. The van der Waals surface area contributed by atoms with Gasteiger partial charge in [0.05, 0.1) is 20.0 Å². The van der Waals surface area contributed by atoms with Crippen molar-refractivity contribution in [2.45, 2.75) is 19.3 Å². The van der Waals surface area contributed by atoms with Gasteiger partial charge in [-0.05, 0) is 0 Å². The summed E-state index contributed by atoms with van der Waals surface area (Å²) in [6.45, 7) is 11.1. The third-order valence-electron chi connectivity index (χ3n) is 3.04. The van der Waals surface area contributed by atoms with Gasteiger partial charge in [0.2, 0.25) is 17.7 Å². The lowest BCUT2D eigenvalue weighted by molar-refractivity contribution is -0.157. The van der Waals surface area contributed by atoms with Crippen LogP contribution in [0.5, 0.6) is 0 Å². The predicted molar refractivity (Wildman–Crippen MR) is 79.6 cm³/mol. The van der Waals surface area contributed by atoms with Crippen molar-refractivity contribution in [3.05, 3.63) is 38.0 Å². The Labute approximate surface area is 125 Å². The van der Waals surface area contributed by atoms with E-state index in [0.717, 1.165) is 0 Å². The zero-order valence-corrected chi connectivity index (χ0v) is 12.2. The van der Waals surface area contributed by atoms with Crippen molar-refractivity contribution in [1.82, 2.24) is 14.7 Å². The second kappa shape index (κ2) is 8.04. The van der Waals surface area contributed by atoms with E-state index in [2.05, 4.69) is 19.7 Å². The van der Waals surface area contributed by atoms with Crippen LogP contribution in [0.15, 0.2) is 38.0 Å². The first-order chi connectivity index (χ1) is 10.0. The zero-order valence-electron chi connectivity index (χ0n) is 12.2. The third kappa shape index (κ3) is 4.59. The quantitative estimate of drug-likeness (QED) is 0.688. The molecule has 0 atom stereocenters. The van der Waals surface area contributed by atoms with E-state index in [9.17, 15) is 14.4 Å². The summed E-state index contributed by atoms with van der Waals surface area (Å²) in [5.41, 5.74) is 0. The van der Waals surface area contributed by atoms with E-state index in [1.807, 2.05) is 0 Å². The Bertz CT molecular complexity index is 387. The molecule has 0 aromatic heterocycles. The molecular weight excluding hydrogens is 270 g/mol. The van der Waals surface area contributed by atoms with Crippen molar-refractivity contribution in [2.24, 2.45) is 0 Å². The number of carbonyl (C=O) groups excluding carboxylic acids is 3. The van der Waals surface area contributed by atoms with Crippen molar-refractivity contribution in [3.8, 4) is 0 Å². The highest BCUT2D eigenvalue weighted by atomic mass is 16.2. The molecule has 114 valence electrons. The van der Waals surface area contributed by atoms with Crippen molar-refractivity contribution >= 4 is 17.7 Å². The maximum atomic E-state index is 12.0. The number of hydrogen-bond donors (Lipinski definition) is 0. The Morgan fingerprint density at radius 3 is 1.10 bits per heavy atom. The molecule has 0 aromatic carbocycles. The molecule has 6 heteroatoms. The Kier molecular flexibility index (Phi) is 6.39. The minimum Gasteiger partial charge on any atom is -0.307 e. The van der Waals surface area contributed by atoms with E-state index in [4.69, 9.17) is 0 Å². The molecule has 0 N–H and O–H groups in total. The third-order valence-corrected chi connectivity index (χ3v) is 3.04. The first-order valence-corrected chi connectivity index (χ1v) is 6.69. The molecule has 1 aliphatic heterocycles. The lowest BCUT2D eigenvalue weighted by Crippen LogP contribution is -2.59. The van der Waals surface area contributed by atoms with Gasteiger partial charge in [-0.25, -0.2) is 0 Å². The zero-order chi connectivity index (χ0) is 15.8. The minimum atomic E-state index is -0.169. The van der Waals surface area contributed by atoms with E-state index < -0.39 is 0 Å². The van der Waals surface area contributed by atoms with Crippen LogP contribution in [0, 0.1) is 0 Å². The maximum absolute atomic E-state index is 12.0. The molecule has 1 aliphatic rings. The summed E-state index contributed by atoms with van der Waals surface area (Å²) in [5.74, 6) is -0.507. The largest absolute Gasteiger partial charge is 0.307 e. The van der Waals surface area contributed by atoms with Gasteiger partial charge in [-0.3, -0.25) is 14.4 Å². The molecule has 0 aliphatic carbocycles. The van der Waals surface area contributed by atoms with Crippen LogP contribution in [0.2, 0.25) is 0 Å². The van der Waals surface area contributed by atoms with E-state index in [0.29, 0.717) is 0 Å². The van der Waals surface area contributed by atoms with Crippen LogP contribution in [-0.2, 0) is 14.4 Å². The normalized spacial score (nSPS) is 14.6. The van der Waals surface area contributed by atoms with Crippen molar-refractivity contribution < 1.29 is 14.4 Å². The van der Waals surface area contributed by atoms with Gasteiger partial charge < -0.3 is 14.7 Å². The minimum absolute atomic E-state index is 0.169. The first kappa shape index (κ1) is 16.7. The molecule has 1 rings (SSSR count). The Balaban J connectivity index is 2.86. The molecule has 3 amide bonds. The van der Waals surface area contributed by atoms with Crippen molar-refractivity contribution in [2.75, 3.05) is 20.0 Å². The molecular formula is C15H21N3O3. The molecule has 1 heterocycles. The fourth-order valence-electron chi connectivity index (χ4n) is 1.98. The summed E-state index contributed by atoms with van der Waals surface area (Å²) in [4.78, 5) is 40.4. The van der Waals surface area contributed by atoms with Crippen LogP contribution in [0.25, 0.3) is 0 Å². The topological polar surface area (TPSA) is 60.9 Å². The SMILES string of the molecule is C=CCC(=O)N1CN(C(=O)CC=C)CN(C(=O)CC=C)C1. The summed E-state index contributed by atoms with van der Waals surface area (Å²) in [7, 11) is 0. The van der Waals surface area contributed by atoms with Crippen LogP contribution in [-0.4, -0.2) is 52.4 Å². The summed E-state index contributed by atoms with van der Waals surface area (Å²) in [6.07, 6.45) is 5.03. The molecule has 1 saturated heterocycles. The number of rotatable bonds is 6. The Morgan fingerprint density at radius 2 is 0.905 bits per heavy atom. The van der Waals surface area contributed by atoms with E-state index in [1.54, 1.807) is 0 Å². The summed E-state index contributed by atoms with van der Waals surface area (Å²) >= 11 is 0. The molecule has 0 unspecified atom stereocenters. The van der Waals surface area contributed by atoms with Gasteiger partial charge in [0.15, 0.2) is 0 Å². The standard InChI is InChI=1S/C15H21N3O3/c1-4-7-13(19)16-10-17(14(20)8-5-2)12-18(11-16)15(21)9-6-3/h4-6H,1-3,7-12H2. The fraction of sp³-hybridized carbons (Fsp3) is 0.400. The van der Waals surface area contributed by atoms with Crippen LogP contribution in [0.1, 0.15) is 19.3 Å². The monoisotopic (exact) mass is 291 g/mol. The second-order valence-corrected chi connectivity index (χ2v) is 4.70. The summed E-state index contributed by atoms with van der Waals surface area (Å²) in [5, 5.41) is 0. The summed E-state index contributed by atoms with van der Waals surface area (Å²) in [6, 6.07) is 0. The van der Waals surface area contributed by atoms with Crippen molar-refractivity contribution in [1.29, 1.82) is 0 Å². The average Bonchev–Trinajstić information content (AvgIpc) is 2.47. The maximum Gasteiger partial charge on any atom is 0.229 e. The van der Waals surface area contributed by atoms with Gasteiger partial charge in [0.25, 0.3) is 0 Å². The first-order valence-electron chi connectivity index (χ1n) is 6.69. The molecule has 0 saturated carbocycles. The second-order valence-electron chi connectivity index (χ2n) is 4.70. The van der Waals surface area contributed by atoms with Crippen molar-refractivity contribution in [3.63, 3.8) is 0 Å². The van der Waals surface area contributed by atoms with E-state index in [1.165, 1.54) is 32.9 Å². The van der Waals surface area contributed by atoms with Gasteiger partial charge >= 0.3 is 0 Å². The number of carbonyl (C=O) groups is 3. The number of hydrogen-bond acceptors (Lipinski definition) is 3.